The topological polar surface area (TPSA) is 63.5 Å². The lowest BCUT2D eigenvalue weighted by molar-refractivity contribution is 0.186. The molecule has 2 heterocycles. The largest absolute Gasteiger partial charge is 0.387 e. The van der Waals surface area contributed by atoms with E-state index in [0.717, 1.165) is 16.8 Å². The second-order valence-electron chi connectivity index (χ2n) is 3.34. The SMILES string of the molecule is Cc1ncn2cc(C(O)CN)ccc12. The molecule has 74 valence electrons. The van der Waals surface area contributed by atoms with Crippen molar-refractivity contribution in [2.24, 2.45) is 5.73 Å². The third-order valence-electron chi connectivity index (χ3n) is 2.35. The number of aliphatic hydroxyl groups excluding tert-OH is 1. The van der Waals surface area contributed by atoms with Crippen molar-refractivity contribution in [3.8, 4) is 0 Å². The zero-order valence-electron chi connectivity index (χ0n) is 8.01. The molecule has 0 fully saturated rings. The van der Waals surface area contributed by atoms with Gasteiger partial charge in [0.15, 0.2) is 0 Å². The highest BCUT2D eigenvalue weighted by molar-refractivity contribution is 5.52. The number of fused-ring (bicyclic) bond motifs is 1. The molecule has 0 saturated carbocycles. The van der Waals surface area contributed by atoms with Gasteiger partial charge < -0.3 is 15.2 Å². The van der Waals surface area contributed by atoms with Gasteiger partial charge in [0, 0.05) is 12.7 Å². The van der Waals surface area contributed by atoms with Gasteiger partial charge in [0.2, 0.25) is 0 Å². The Morgan fingerprint density at radius 2 is 2.36 bits per heavy atom. The summed E-state index contributed by atoms with van der Waals surface area (Å²) in [7, 11) is 0. The number of nitrogens with two attached hydrogens (primary N) is 1. The van der Waals surface area contributed by atoms with Crippen molar-refractivity contribution in [1.29, 1.82) is 0 Å². The summed E-state index contributed by atoms with van der Waals surface area (Å²) < 4.78 is 1.89. The van der Waals surface area contributed by atoms with Crippen LogP contribution in [0.4, 0.5) is 0 Å². The summed E-state index contributed by atoms with van der Waals surface area (Å²) in [6.07, 6.45) is 2.99. The first kappa shape index (κ1) is 9.18. The predicted octanol–water partition coefficient (Wildman–Crippen LogP) is 0.635. The molecule has 1 atom stereocenters. The molecule has 0 bridgehead atoms. The highest BCUT2D eigenvalue weighted by Gasteiger charge is 2.06. The molecular formula is C10H13N3O. The van der Waals surface area contributed by atoms with E-state index in [0.29, 0.717) is 0 Å². The highest BCUT2D eigenvalue weighted by Crippen LogP contribution is 2.15. The van der Waals surface area contributed by atoms with Gasteiger partial charge in [0.1, 0.15) is 0 Å². The molecule has 4 nitrogen and oxygen atoms in total. The van der Waals surface area contributed by atoms with Gasteiger partial charge in [0.25, 0.3) is 0 Å². The maximum atomic E-state index is 9.54. The van der Waals surface area contributed by atoms with E-state index in [9.17, 15) is 5.11 Å². The normalized spacial score (nSPS) is 13.4. The van der Waals surface area contributed by atoms with Gasteiger partial charge in [-0.05, 0) is 18.6 Å². The first-order valence-electron chi connectivity index (χ1n) is 4.53. The molecule has 0 amide bonds. The Hall–Kier alpha value is -1.39. The molecule has 0 saturated heterocycles. The second kappa shape index (κ2) is 3.40. The number of aromatic nitrogens is 2. The van der Waals surface area contributed by atoms with Gasteiger partial charge >= 0.3 is 0 Å². The second-order valence-corrected chi connectivity index (χ2v) is 3.34. The molecule has 0 aliphatic carbocycles. The summed E-state index contributed by atoms with van der Waals surface area (Å²) in [4.78, 5) is 4.17. The van der Waals surface area contributed by atoms with Crippen LogP contribution in [0.1, 0.15) is 17.4 Å². The summed E-state index contributed by atoms with van der Waals surface area (Å²) in [6.45, 7) is 2.19. The highest BCUT2D eigenvalue weighted by atomic mass is 16.3. The smallest absolute Gasteiger partial charge is 0.0995 e. The molecule has 0 aromatic carbocycles. The first-order valence-corrected chi connectivity index (χ1v) is 4.53. The van der Waals surface area contributed by atoms with E-state index in [1.807, 2.05) is 29.7 Å². The van der Waals surface area contributed by atoms with Crippen LogP contribution in [0.3, 0.4) is 0 Å². The van der Waals surface area contributed by atoms with Gasteiger partial charge in [0.05, 0.1) is 23.6 Å². The van der Waals surface area contributed by atoms with Crippen LogP contribution in [0.15, 0.2) is 24.7 Å². The standard InChI is InChI=1S/C10H13N3O/c1-7-9-3-2-8(10(14)4-11)5-13(9)6-12-7/h2-3,5-6,10,14H,4,11H2,1H3. The van der Waals surface area contributed by atoms with E-state index < -0.39 is 6.10 Å². The molecule has 0 aliphatic heterocycles. The van der Waals surface area contributed by atoms with Crippen LogP contribution >= 0.6 is 0 Å². The van der Waals surface area contributed by atoms with Gasteiger partial charge in [-0.3, -0.25) is 0 Å². The molecular weight excluding hydrogens is 178 g/mol. The Balaban J connectivity index is 2.52. The number of nitrogens with zero attached hydrogens (tertiary/aromatic N) is 2. The minimum absolute atomic E-state index is 0.235. The lowest BCUT2D eigenvalue weighted by Crippen LogP contribution is -2.11. The van der Waals surface area contributed by atoms with Crippen LogP contribution in [0.25, 0.3) is 5.52 Å². The maximum Gasteiger partial charge on any atom is 0.0995 e. The monoisotopic (exact) mass is 191 g/mol. The fraction of sp³-hybridized carbons (Fsp3) is 0.300. The van der Waals surface area contributed by atoms with Gasteiger partial charge in [-0.25, -0.2) is 4.98 Å². The summed E-state index contributed by atoms with van der Waals surface area (Å²) >= 11 is 0. The molecule has 2 rings (SSSR count). The summed E-state index contributed by atoms with van der Waals surface area (Å²) in [5.41, 5.74) is 8.23. The van der Waals surface area contributed by atoms with Gasteiger partial charge in [-0.1, -0.05) is 6.07 Å². The third-order valence-corrected chi connectivity index (χ3v) is 2.35. The minimum atomic E-state index is -0.595. The zero-order chi connectivity index (χ0) is 10.1. The van der Waals surface area contributed by atoms with Crippen molar-refractivity contribution in [3.05, 3.63) is 35.9 Å². The molecule has 0 spiro atoms. The minimum Gasteiger partial charge on any atom is -0.387 e. The van der Waals surface area contributed by atoms with Crippen LogP contribution in [-0.4, -0.2) is 21.0 Å². The van der Waals surface area contributed by atoms with E-state index >= 15 is 0 Å². The quantitative estimate of drug-likeness (QED) is 0.732. The predicted molar refractivity (Wildman–Crippen MR) is 53.9 cm³/mol. The Bertz CT molecular complexity index is 450. The average molecular weight is 191 g/mol. The van der Waals surface area contributed by atoms with Crippen LogP contribution in [0.5, 0.6) is 0 Å². The summed E-state index contributed by atoms with van der Waals surface area (Å²) in [5.74, 6) is 0. The molecule has 4 heteroatoms. The lowest BCUT2D eigenvalue weighted by atomic mass is 10.1. The molecule has 2 aromatic heterocycles. The fourth-order valence-corrected chi connectivity index (χ4v) is 1.49. The number of pyridine rings is 1. The number of hydrogen-bond donors (Lipinski definition) is 2. The molecule has 3 N–H and O–H groups in total. The van der Waals surface area contributed by atoms with Crippen molar-refractivity contribution >= 4 is 5.52 Å². The Labute approximate surface area is 82.0 Å². The van der Waals surface area contributed by atoms with Crippen molar-refractivity contribution in [2.45, 2.75) is 13.0 Å². The molecule has 0 radical (unpaired) electrons. The number of aliphatic hydroxyl groups is 1. The van der Waals surface area contributed by atoms with E-state index in [1.165, 1.54) is 0 Å². The van der Waals surface area contributed by atoms with E-state index in [2.05, 4.69) is 4.98 Å². The zero-order valence-corrected chi connectivity index (χ0v) is 8.01. The molecule has 0 aliphatic rings. The van der Waals surface area contributed by atoms with Crippen molar-refractivity contribution in [1.82, 2.24) is 9.38 Å². The van der Waals surface area contributed by atoms with Crippen molar-refractivity contribution < 1.29 is 5.11 Å². The van der Waals surface area contributed by atoms with Crippen molar-refractivity contribution in [3.63, 3.8) is 0 Å². The van der Waals surface area contributed by atoms with E-state index in [4.69, 9.17) is 5.73 Å². The van der Waals surface area contributed by atoms with Crippen molar-refractivity contribution in [2.75, 3.05) is 6.54 Å². The maximum absolute atomic E-state index is 9.54. The van der Waals surface area contributed by atoms with Gasteiger partial charge in [-0.2, -0.15) is 0 Å². The van der Waals surface area contributed by atoms with Crippen LogP contribution in [0.2, 0.25) is 0 Å². The third kappa shape index (κ3) is 1.38. The molecule has 1 unspecified atom stereocenters. The van der Waals surface area contributed by atoms with Crippen LogP contribution < -0.4 is 5.73 Å². The summed E-state index contributed by atoms with van der Waals surface area (Å²) in [5, 5.41) is 9.54. The first-order chi connectivity index (χ1) is 6.72. The Kier molecular flexibility index (Phi) is 2.23. The molecule has 14 heavy (non-hydrogen) atoms. The Morgan fingerprint density at radius 3 is 3.07 bits per heavy atom. The lowest BCUT2D eigenvalue weighted by Gasteiger charge is -2.08. The number of hydrogen-bond acceptors (Lipinski definition) is 3. The molecule has 2 aromatic rings. The van der Waals surface area contributed by atoms with Gasteiger partial charge in [-0.15, -0.1) is 0 Å². The number of rotatable bonds is 2. The average Bonchev–Trinajstić information content (AvgIpc) is 2.59. The van der Waals surface area contributed by atoms with Crippen LogP contribution in [0, 0.1) is 6.92 Å². The van der Waals surface area contributed by atoms with E-state index in [1.54, 1.807) is 6.33 Å². The fourth-order valence-electron chi connectivity index (χ4n) is 1.49. The van der Waals surface area contributed by atoms with Crippen LogP contribution in [-0.2, 0) is 0 Å². The number of aryl methyl sites for hydroxylation is 1. The summed E-state index contributed by atoms with van der Waals surface area (Å²) in [6, 6.07) is 3.82. The number of imidazole rings is 1. The Morgan fingerprint density at radius 1 is 1.57 bits per heavy atom. The van der Waals surface area contributed by atoms with E-state index in [-0.39, 0.29) is 6.54 Å².